The predicted octanol–water partition coefficient (Wildman–Crippen LogP) is 5.33. The summed E-state index contributed by atoms with van der Waals surface area (Å²) < 4.78 is 11.2. The molecule has 3 aromatic rings. The van der Waals surface area contributed by atoms with Crippen LogP contribution in [0, 0.1) is 31.1 Å². The number of H-pyrrole nitrogens is 1. The van der Waals surface area contributed by atoms with Gasteiger partial charge in [-0.2, -0.15) is 5.26 Å². The van der Waals surface area contributed by atoms with E-state index in [1.165, 1.54) is 6.42 Å². The summed E-state index contributed by atoms with van der Waals surface area (Å²) in [6.45, 7) is 6.20. The highest BCUT2D eigenvalue weighted by molar-refractivity contribution is 5.90. The fraction of sp³-hybridized carbons (Fsp3) is 0.393. The van der Waals surface area contributed by atoms with Crippen molar-refractivity contribution in [1.29, 1.82) is 5.26 Å². The maximum Gasteiger partial charge on any atom is 0.258 e. The van der Waals surface area contributed by atoms with E-state index in [2.05, 4.69) is 28.3 Å². The number of aryl methyl sites for hydroxylation is 2. The maximum absolute atomic E-state index is 12.4. The topological polar surface area (TPSA) is 100 Å². The average molecular weight is 473 g/mol. The Bertz CT molecular complexity index is 1260. The number of allylic oxidation sites excluding steroid dienone is 1. The standard InChI is InChI=1S/C28H32N4O3/c1-17-7-5-6-8-22(17)30-27(33)16-35-25-10-9-20(14-26(25)34-4)13-21(15-29)28-31-23-11-18(2)19(3)12-24(23)32-28/h9-14,17,22H,5-8,16H2,1-4H3,(H,30,33)(H,31,32)/b21-13+/t17-,22+/m0/s1. The van der Waals surface area contributed by atoms with Crippen LogP contribution < -0.4 is 14.8 Å². The van der Waals surface area contributed by atoms with E-state index in [0.29, 0.717) is 28.8 Å². The number of aromatic amines is 1. The molecule has 1 amide bonds. The van der Waals surface area contributed by atoms with Gasteiger partial charge in [-0.3, -0.25) is 4.79 Å². The molecule has 1 saturated carbocycles. The molecule has 1 aliphatic rings. The molecule has 2 N–H and O–H groups in total. The number of nitrogens with one attached hydrogen (secondary N) is 2. The predicted molar refractivity (Wildman–Crippen MR) is 137 cm³/mol. The van der Waals surface area contributed by atoms with E-state index in [-0.39, 0.29) is 18.6 Å². The maximum atomic E-state index is 12.4. The minimum atomic E-state index is -0.128. The molecule has 2 atom stereocenters. The van der Waals surface area contributed by atoms with Gasteiger partial charge in [0.25, 0.3) is 5.91 Å². The van der Waals surface area contributed by atoms with E-state index >= 15 is 0 Å². The average Bonchev–Trinajstić information content (AvgIpc) is 3.25. The SMILES string of the molecule is COc1cc(/C=C(\C#N)c2nc3cc(C)c(C)cc3[nH]2)ccc1OCC(=O)N[C@@H]1CCCC[C@@H]1C. The summed E-state index contributed by atoms with van der Waals surface area (Å²) in [5, 5.41) is 12.9. The van der Waals surface area contributed by atoms with Crippen LogP contribution in [0.3, 0.4) is 0 Å². The van der Waals surface area contributed by atoms with Gasteiger partial charge >= 0.3 is 0 Å². The first-order valence-corrected chi connectivity index (χ1v) is 12.1. The summed E-state index contributed by atoms with van der Waals surface area (Å²) in [5.74, 6) is 1.84. The van der Waals surface area contributed by atoms with E-state index in [9.17, 15) is 10.1 Å². The van der Waals surface area contributed by atoms with Crippen molar-refractivity contribution in [2.45, 2.75) is 52.5 Å². The van der Waals surface area contributed by atoms with Crippen LogP contribution in [-0.4, -0.2) is 35.6 Å². The number of hydrogen-bond acceptors (Lipinski definition) is 5. The molecule has 4 rings (SSSR count). The molecule has 0 radical (unpaired) electrons. The van der Waals surface area contributed by atoms with E-state index < -0.39 is 0 Å². The van der Waals surface area contributed by atoms with Crippen molar-refractivity contribution in [3.63, 3.8) is 0 Å². The Morgan fingerprint density at radius 3 is 2.71 bits per heavy atom. The molecular formula is C28H32N4O3. The lowest BCUT2D eigenvalue weighted by Crippen LogP contribution is -2.43. The number of imidazole rings is 1. The van der Waals surface area contributed by atoms with Crippen molar-refractivity contribution in [1.82, 2.24) is 15.3 Å². The van der Waals surface area contributed by atoms with Crippen molar-refractivity contribution >= 4 is 28.6 Å². The molecule has 182 valence electrons. The van der Waals surface area contributed by atoms with Crippen molar-refractivity contribution in [2.75, 3.05) is 13.7 Å². The molecule has 0 spiro atoms. The van der Waals surface area contributed by atoms with Crippen LogP contribution >= 0.6 is 0 Å². The van der Waals surface area contributed by atoms with E-state index in [1.54, 1.807) is 25.3 Å². The van der Waals surface area contributed by atoms with Gasteiger partial charge in [0.1, 0.15) is 11.9 Å². The number of hydrogen-bond donors (Lipinski definition) is 2. The Morgan fingerprint density at radius 2 is 1.97 bits per heavy atom. The number of benzene rings is 2. The minimum Gasteiger partial charge on any atom is -0.493 e. The van der Waals surface area contributed by atoms with Gasteiger partial charge in [0.15, 0.2) is 18.1 Å². The van der Waals surface area contributed by atoms with Gasteiger partial charge in [0.2, 0.25) is 0 Å². The molecule has 0 bridgehead atoms. The summed E-state index contributed by atoms with van der Waals surface area (Å²) >= 11 is 0. The molecule has 7 nitrogen and oxygen atoms in total. The summed E-state index contributed by atoms with van der Waals surface area (Å²) in [7, 11) is 1.55. The lowest BCUT2D eigenvalue weighted by Gasteiger charge is -2.29. The summed E-state index contributed by atoms with van der Waals surface area (Å²) in [6, 6.07) is 11.9. The third-order valence-corrected chi connectivity index (χ3v) is 6.79. The van der Waals surface area contributed by atoms with Crippen molar-refractivity contribution < 1.29 is 14.3 Å². The monoisotopic (exact) mass is 472 g/mol. The molecule has 35 heavy (non-hydrogen) atoms. The van der Waals surface area contributed by atoms with Gasteiger partial charge in [-0.25, -0.2) is 4.98 Å². The van der Waals surface area contributed by atoms with Gasteiger partial charge in [0, 0.05) is 6.04 Å². The van der Waals surface area contributed by atoms with Crippen LogP contribution in [0.5, 0.6) is 11.5 Å². The molecular weight excluding hydrogens is 440 g/mol. The number of carbonyl (C=O) groups excluding carboxylic acids is 1. The lowest BCUT2D eigenvalue weighted by atomic mass is 9.86. The number of fused-ring (bicyclic) bond motifs is 1. The number of methoxy groups -OCH3 is 1. The molecule has 1 fully saturated rings. The third-order valence-electron chi connectivity index (χ3n) is 6.79. The smallest absolute Gasteiger partial charge is 0.258 e. The largest absolute Gasteiger partial charge is 0.493 e. The molecule has 0 aliphatic heterocycles. The first-order valence-electron chi connectivity index (χ1n) is 12.1. The molecule has 1 aromatic heterocycles. The number of aromatic nitrogens is 2. The molecule has 1 heterocycles. The van der Waals surface area contributed by atoms with E-state index in [4.69, 9.17) is 9.47 Å². The van der Waals surface area contributed by atoms with Crippen LogP contribution in [-0.2, 0) is 4.79 Å². The Hall–Kier alpha value is -3.79. The minimum absolute atomic E-state index is 0.0734. The Morgan fingerprint density at radius 1 is 1.20 bits per heavy atom. The van der Waals surface area contributed by atoms with Crippen LogP contribution in [0.15, 0.2) is 30.3 Å². The fourth-order valence-corrected chi connectivity index (χ4v) is 4.53. The number of carbonyl (C=O) groups is 1. The van der Waals surface area contributed by atoms with Crippen LogP contribution in [0.25, 0.3) is 22.7 Å². The lowest BCUT2D eigenvalue weighted by molar-refractivity contribution is -0.124. The van der Waals surface area contributed by atoms with E-state index in [1.807, 2.05) is 32.0 Å². The molecule has 7 heteroatoms. The second kappa shape index (κ2) is 10.6. The van der Waals surface area contributed by atoms with E-state index in [0.717, 1.165) is 47.0 Å². The Labute approximate surface area is 206 Å². The normalized spacial score (nSPS) is 18.2. The molecule has 0 unspecified atom stereocenters. The highest BCUT2D eigenvalue weighted by atomic mass is 16.5. The van der Waals surface area contributed by atoms with Crippen molar-refractivity contribution in [3.05, 3.63) is 52.8 Å². The molecule has 1 aliphatic carbocycles. The van der Waals surface area contributed by atoms with Gasteiger partial charge in [-0.05, 0) is 79.6 Å². The fourth-order valence-electron chi connectivity index (χ4n) is 4.53. The summed E-state index contributed by atoms with van der Waals surface area (Å²) in [6.07, 6.45) is 6.29. The zero-order valence-electron chi connectivity index (χ0n) is 20.8. The number of nitrogens with zero attached hydrogens (tertiary/aromatic N) is 2. The molecule has 0 saturated heterocycles. The summed E-state index contributed by atoms with van der Waals surface area (Å²) in [4.78, 5) is 20.3. The van der Waals surface area contributed by atoms with Gasteiger partial charge < -0.3 is 19.8 Å². The second-order valence-electron chi connectivity index (χ2n) is 9.34. The highest BCUT2D eigenvalue weighted by Gasteiger charge is 2.23. The van der Waals surface area contributed by atoms with Crippen LogP contribution in [0.2, 0.25) is 0 Å². The van der Waals surface area contributed by atoms with Crippen molar-refractivity contribution in [3.8, 4) is 17.6 Å². The number of ether oxygens (including phenoxy) is 2. The highest BCUT2D eigenvalue weighted by Crippen LogP contribution is 2.30. The number of amides is 1. The first kappa shape index (κ1) is 24.3. The number of rotatable bonds is 7. The number of nitriles is 1. The van der Waals surface area contributed by atoms with Gasteiger partial charge in [-0.1, -0.05) is 25.8 Å². The zero-order chi connectivity index (χ0) is 24.9. The molecule has 2 aromatic carbocycles. The quantitative estimate of drug-likeness (QED) is 0.453. The summed E-state index contributed by atoms with van der Waals surface area (Å²) in [5.41, 5.74) is 5.21. The Kier molecular flexibility index (Phi) is 7.40. The second-order valence-corrected chi connectivity index (χ2v) is 9.34. The van der Waals surface area contributed by atoms with Gasteiger partial charge in [0.05, 0.1) is 23.7 Å². The Balaban J connectivity index is 1.48. The van der Waals surface area contributed by atoms with Crippen LogP contribution in [0.1, 0.15) is 55.1 Å². The first-order chi connectivity index (χ1) is 16.9. The van der Waals surface area contributed by atoms with Gasteiger partial charge in [-0.15, -0.1) is 0 Å². The van der Waals surface area contributed by atoms with Crippen LogP contribution in [0.4, 0.5) is 0 Å². The third kappa shape index (κ3) is 5.65. The van der Waals surface area contributed by atoms with Crippen molar-refractivity contribution in [2.24, 2.45) is 5.92 Å². The zero-order valence-corrected chi connectivity index (χ0v) is 20.8.